The molecule has 3 atom stereocenters. The van der Waals surface area contributed by atoms with E-state index in [1.54, 1.807) is 12.4 Å². The minimum atomic E-state index is -0.177. The Morgan fingerprint density at radius 2 is 1.66 bits per heavy atom. The third-order valence-electron chi connectivity index (χ3n) is 8.91. The lowest BCUT2D eigenvalue weighted by molar-refractivity contribution is 0.0919. The Morgan fingerprint density at radius 1 is 0.947 bits per heavy atom. The molecule has 4 heterocycles. The third kappa shape index (κ3) is 4.19. The van der Waals surface area contributed by atoms with Crippen molar-refractivity contribution in [2.75, 3.05) is 4.90 Å². The van der Waals surface area contributed by atoms with Gasteiger partial charge in [-0.1, -0.05) is 25.0 Å². The van der Waals surface area contributed by atoms with Gasteiger partial charge in [0.1, 0.15) is 0 Å². The lowest BCUT2D eigenvalue weighted by Gasteiger charge is -2.39. The highest BCUT2D eigenvalue weighted by atomic mass is 16.3. The summed E-state index contributed by atoms with van der Waals surface area (Å²) in [6, 6.07) is 16.9. The summed E-state index contributed by atoms with van der Waals surface area (Å²) in [5.74, 6) is 0.958. The summed E-state index contributed by atoms with van der Waals surface area (Å²) in [6.07, 6.45) is 11.9. The number of fused-ring (bicyclic) bond motifs is 3. The molecule has 1 saturated carbocycles. The second kappa shape index (κ2) is 9.62. The van der Waals surface area contributed by atoms with Gasteiger partial charge in [0.25, 0.3) is 5.91 Å². The molecular formula is C31H33N5O2. The molecule has 2 saturated heterocycles. The van der Waals surface area contributed by atoms with Crippen molar-refractivity contribution in [3.63, 3.8) is 0 Å². The highest BCUT2D eigenvalue weighted by Gasteiger charge is 2.40. The number of anilines is 1. The summed E-state index contributed by atoms with van der Waals surface area (Å²) in [7, 11) is 0. The van der Waals surface area contributed by atoms with Crippen molar-refractivity contribution in [3.05, 3.63) is 83.4 Å². The molecular weight excluding hydrogens is 474 g/mol. The van der Waals surface area contributed by atoms with Gasteiger partial charge in [0, 0.05) is 46.9 Å². The maximum absolute atomic E-state index is 13.4. The number of aliphatic imine (C=N–C) groups is 1. The number of nitrogens with zero attached hydrogens (tertiary/aromatic N) is 4. The fourth-order valence-corrected chi connectivity index (χ4v) is 7.05. The smallest absolute Gasteiger partial charge is 0.251 e. The summed E-state index contributed by atoms with van der Waals surface area (Å²) in [5.41, 5.74) is 5.78. The molecule has 2 bridgehead atoms. The number of rotatable bonds is 6. The second-order valence-corrected chi connectivity index (χ2v) is 11.3. The Bertz CT molecular complexity index is 1350. The molecule has 2 aromatic carbocycles. The van der Waals surface area contributed by atoms with Gasteiger partial charge in [0.2, 0.25) is 0 Å². The first kappa shape index (κ1) is 23.5. The number of aromatic nitrogens is 2. The van der Waals surface area contributed by atoms with E-state index in [9.17, 15) is 9.90 Å². The van der Waals surface area contributed by atoms with Crippen LogP contribution in [0.3, 0.4) is 0 Å². The van der Waals surface area contributed by atoms with Gasteiger partial charge in [-0.15, -0.1) is 0 Å². The highest BCUT2D eigenvalue weighted by Crippen LogP contribution is 2.40. The SMILES string of the molecule is O=C(NC(c1ncccn1)C1CCCC1)c1ccc2c(c1)C(c1ccc(N3C4CCC3CC(O)C4)cc1)=N2. The summed E-state index contributed by atoms with van der Waals surface area (Å²) >= 11 is 0. The normalized spacial score (nSPS) is 24.9. The number of piperidine rings is 1. The zero-order valence-electron chi connectivity index (χ0n) is 21.5. The first-order valence-corrected chi connectivity index (χ1v) is 14.0. The molecule has 3 unspecified atom stereocenters. The van der Waals surface area contributed by atoms with Crippen LogP contribution in [0.15, 0.2) is 65.9 Å². The standard InChI is InChI=1S/C31H33N5O2/c37-25-17-23-11-12-24(18-25)36(23)22-9-6-20(7-10-22)28-26-16-21(8-13-27(26)34-28)31(38)35-29(19-4-1-2-5-19)30-32-14-3-15-33-30/h3,6-10,13-16,19,23-25,29,37H,1-2,4-5,11-12,17-18H2,(H,35,38). The number of amides is 1. The molecule has 0 radical (unpaired) electrons. The number of aliphatic hydroxyl groups is 1. The first-order chi connectivity index (χ1) is 18.6. The number of hydrogen-bond donors (Lipinski definition) is 2. The Kier molecular flexibility index (Phi) is 5.96. The number of nitrogens with one attached hydrogen (secondary N) is 1. The largest absolute Gasteiger partial charge is 0.393 e. The zero-order chi connectivity index (χ0) is 25.6. The maximum atomic E-state index is 13.4. The van der Waals surface area contributed by atoms with E-state index in [0.717, 1.165) is 61.1 Å². The quantitative estimate of drug-likeness (QED) is 0.378. The van der Waals surface area contributed by atoms with Crippen molar-refractivity contribution in [1.82, 2.24) is 15.3 Å². The number of carbonyl (C=O) groups is 1. The predicted molar refractivity (Wildman–Crippen MR) is 147 cm³/mol. The molecule has 3 aromatic rings. The van der Waals surface area contributed by atoms with Gasteiger partial charge < -0.3 is 15.3 Å². The van der Waals surface area contributed by atoms with Crippen LogP contribution in [0.1, 0.15) is 84.7 Å². The van der Waals surface area contributed by atoms with E-state index in [-0.39, 0.29) is 18.1 Å². The van der Waals surface area contributed by atoms with Gasteiger partial charge in [-0.05, 0) is 80.8 Å². The van der Waals surface area contributed by atoms with Gasteiger partial charge >= 0.3 is 0 Å². The van der Waals surface area contributed by atoms with Crippen LogP contribution in [-0.2, 0) is 0 Å². The number of aliphatic hydroxyl groups excluding tert-OH is 1. The molecule has 3 fully saturated rings. The monoisotopic (exact) mass is 507 g/mol. The molecule has 1 aromatic heterocycles. The lowest BCUT2D eigenvalue weighted by Crippen LogP contribution is -2.44. The van der Waals surface area contributed by atoms with Crippen LogP contribution in [0.25, 0.3) is 0 Å². The average molecular weight is 508 g/mol. The van der Waals surface area contributed by atoms with Crippen LogP contribution in [-0.4, -0.2) is 44.9 Å². The molecule has 1 aliphatic carbocycles. The van der Waals surface area contributed by atoms with Gasteiger partial charge in [0.05, 0.1) is 23.5 Å². The number of benzene rings is 2. The van der Waals surface area contributed by atoms with Crippen LogP contribution in [0, 0.1) is 5.92 Å². The Morgan fingerprint density at radius 3 is 2.37 bits per heavy atom. The minimum absolute atomic E-state index is 0.0958. The van der Waals surface area contributed by atoms with Gasteiger partial charge in [-0.3, -0.25) is 4.79 Å². The molecule has 7 heteroatoms. The Balaban J connectivity index is 1.08. The fraction of sp³-hybridized carbons (Fsp3) is 0.419. The van der Waals surface area contributed by atoms with Crippen molar-refractivity contribution in [3.8, 4) is 0 Å². The maximum Gasteiger partial charge on any atom is 0.251 e. The molecule has 7 rings (SSSR count). The molecule has 4 aliphatic rings. The molecule has 38 heavy (non-hydrogen) atoms. The molecule has 194 valence electrons. The molecule has 0 spiro atoms. The Hall–Kier alpha value is -3.58. The van der Waals surface area contributed by atoms with Gasteiger partial charge in [-0.2, -0.15) is 0 Å². The van der Waals surface area contributed by atoms with Gasteiger partial charge in [-0.25, -0.2) is 15.0 Å². The van der Waals surface area contributed by atoms with E-state index in [0.29, 0.717) is 29.4 Å². The fourth-order valence-electron chi connectivity index (χ4n) is 7.05. The van der Waals surface area contributed by atoms with Crippen LogP contribution in [0.5, 0.6) is 0 Å². The summed E-state index contributed by atoms with van der Waals surface area (Å²) in [5, 5.41) is 13.4. The van der Waals surface area contributed by atoms with Crippen LogP contribution in [0.4, 0.5) is 11.4 Å². The van der Waals surface area contributed by atoms with Crippen LogP contribution in [0.2, 0.25) is 0 Å². The van der Waals surface area contributed by atoms with Crippen molar-refractivity contribution in [2.24, 2.45) is 10.9 Å². The van der Waals surface area contributed by atoms with Gasteiger partial charge in [0.15, 0.2) is 5.82 Å². The Labute approximate surface area is 223 Å². The molecule has 2 N–H and O–H groups in total. The summed E-state index contributed by atoms with van der Waals surface area (Å²) < 4.78 is 0. The predicted octanol–water partition coefficient (Wildman–Crippen LogP) is 5.11. The summed E-state index contributed by atoms with van der Waals surface area (Å²) in [4.78, 5) is 29.6. The molecule has 3 aliphatic heterocycles. The topological polar surface area (TPSA) is 90.7 Å². The third-order valence-corrected chi connectivity index (χ3v) is 8.91. The number of hydrogen-bond acceptors (Lipinski definition) is 6. The van der Waals surface area contributed by atoms with E-state index < -0.39 is 0 Å². The van der Waals surface area contributed by atoms with Crippen molar-refractivity contribution >= 4 is 23.0 Å². The average Bonchev–Trinajstić information content (AvgIpc) is 3.55. The zero-order valence-corrected chi connectivity index (χ0v) is 21.5. The lowest BCUT2D eigenvalue weighted by atomic mass is 9.92. The van der Waals surface area contributed by atoms with E-state index in [4.69, 9.17) is 4.99 Å². The van der Waals surface area contributed by atoms with Crippen molar-refractivity contribution in [2.45, 2.75) is 75.6 Å². The van der Waals surface area contributed by atoms with E-state index >= 15 is 0 Å². The van der Waals surface area contributed by atoms with Crippen LogP contribution < -0.4 is 10.2 Å². The minimum Gasteiger partial charge on any atom is -0.393 e. The van der Waals surface area contributed by atoms with E-state index in [2.05, 4.69) is 44.5 Å². The second-order valence-electron chi connectivity index (χ2n) is 11.3. The molecule has 7 nitrogen and oxygen atoms in total. The summed E-state index contributed by atoms with van der Waals surface area (Å²) in [6.45, 7) is 0. The van der Waals surface area contributed by atoms with E-state index in [1.807, 2.05) is 24.3 Å². The molecule has 1 amide bonds. The first-order valence-electron chi connectivity index (χ1n) is 14.0. The van der Waals surface area contributed by atoms with E-state index in [1.165, 1.54) is 18.5 Å². The van der Waals surface area contributed by atoms with Crippen LogP contribution >= 0.6 is 0 Å². The van der Waals surface area contributed by atoms with Crippen molar-refractivity contribution in [1.29, 1.82) is 0 Å². The van der Waals surface area contributed by atoms with Crippen molar-refractivity contribution < 1.29 is 9.90 Å². The highest BCUT2D eigenvalue weighted by molar-refractivity contribution is 6.22. The number of carbonyl (C=O) groups excluding carboxylic acids is 1.